The molecule has 0 unspecified atom stereocenters. The van der Waals surface area contributed by atoms with Crippen LogP contribution in [0.25, 0.3) is 6.08 Å². The number of carbonyl (C=O) groups excluding carboxylic acids is 1. The van der Waals surface area contributed by atoms with Gasteiger partial charge in [0.05, 0.1) is 13.2 Å². The molecule has 2 aromatic carbocycles. The highest BCUT2D eigenvalue weighted by Gasteiger charge is 2.16. The topological polar surface area (TPSA) is 36.0 Å². The predicted octanol–water partition coefficient (Wildman–Crippen LogP) is 4.58. The number of amides is 1. The number of hydrogen-bond donors (Lipinski definition) is 0. The van der Waals surface area contributed by atoms with Gasteiger partial charge in [0, 0.05) is 57.2 Å². The molecule has 32 heavy (non-hydrogen) atoms. The van der Waals surface area contributed by atoms with Gasteiger partial charge in [0.1, 0.15) is 0 Å². The van der Waals surface area contributed by atoms with Crippen LogP contribution in [-0.4, -0.2) is 57.2 Å². The van der Waals surface area contributed by atoms with Gasteiger partial charge >= 0.3 is 0 Å². The summed E-state index contributed by atoms with van der Waals surface area (Å²) in [5, 5.41) is 0. The van der Waals surface area contributed by atoms with E-state index in [-0.39, 0.29) is 5.91 Å². The Bertz CT molecular complexity index is 895. The molecular weight excluding hydrogens is 398 g/mol. The number of rotatable bonds is 6. The second-order valence-corrected chi connectivity index (χ2v) is 8.75. The Morgan fingerprint density at radius 1 is 0.906 bits per heavy atom. The lowest BCUT2D eigenvalue weighted by molar-refractivity contribution is -0.125. The van der Waals surface area contributed by atoms with Gasteiger partial charge in [-0.1, -0.05) is 43.2 Å². The standard InChI is InChI=1S/C27H35N3O2/c1-28(22-24-8-4-5-9-26(24)30-18-20-32-21-19-30)27(31)15-12-23-10-13-25(14-11-23)29-16-6-2-3-7-17-29/h4-5,8-15H,2-3,6-7,16-22H2,1H3. The lowest BCUT2D eigenvalue weighted by atomic mass is 10.1. The van der Waals surface area contributed by atoms with Crippen molar-refractivity contribution in [3.05, 3.63) is 65.7 Å². The van der Waals surface area contributed by atoms with Crippen LogP contribution in [0.1, 0.15) is 36.8 Å². The molecule has 0 spiro atoms. The lowest BCUT2D eigenvalue weighted by Gasteiger charge is -2.31. The lowest BCUT2D eigenvalue weighted by Crippen LogP contribution is -2.37. The highest BCUT2D eigenvalue weighted by molar-refractivity contribution is 5.91. The van der Waals surface area contributed by atoms with Crippen LogP contribution in [-0.2, 0) is 16.1 Å². The highest BCUT2D eigenvalue weighted by Crippen LogP contribution is 2.23. The fraction of sp³-hybridized carbons (Fsp3) is 0.444. The van der Waals surface area contributed by atoms with E-state index < -0.39 is 0 Å². The Kier molecular flexibility index (Phi) is 7.83. The van der Waals surface area contributed by atoms with Gasteiger partial charge in [0.25, 0.3) is 0 Å². The van der Waals surface area contributed by atoms with E-state index in [9.17, 15) is 4.79 Å². The maximum atomic E-state index is 12.8. The minimum absolute atomic E-state index is 0.0124. The molecule has 0 aliphatic carbocycles. The molecule has 2 aliphatic heterocycles. The molecule has 1 amide bonds. The number of morpholine rings is 1. The first kappa shape index (κ1) is 22.4. The molecular formula is C27H35N3O2. The first-order chi connectivity index (χ1) is 15.7. The molecule has 2 saturated heterocycles. The third kappa shape index (κ3) is 5.92. The van der Waals surface area contributed by atoms with Crippen molar-refractivity contribution in [3.8, 4) is 0 Å². The Labute approximate surface area is 192 Å². The van der Waals surface area contributed by atoms with Gasteiger partial charge in [-0.25, -0.2) is 0 Å². The van der Waals surface area contributed by atoms with Crippen molar-refractivity contribution < 1.29 is 9.53 Å². The maximum absolute atomic E-state index is 12.8. The molecule has 0 radical (unpaired) electrons. The molecule has 2 heterocycles. The first-order valence-corrected chi connectivity index (χ1v) is 11.9. The summed E-state index contributed by atoms with van der Waals surface area (Å²) in [5.74, 6) is 0.0124. The smallest absolute Gasteiger partial charge is 0.246 e. The maximum Gasteiger partial charge on any atom is 0.246 e. The fourth-order valence-corrected chi connectivity index (χ4v) is 4.51. The van der Waals surface area contributed by atoms with Gasteiger partial charge in [0.2, 0.25) is 5.91 Å². The number of hydrogen-bond acceptors (Lipinski definition) is 4. The molecule has 170 valence electrons. The average Bonchev–Trinajstić information content (AvgIpc) is 3.13. The van der Waals surface area contributed by atoms with Crippen molar-refractivity contribution in [2.24, 2.45) is 0 Å². The summed E-state index contributed by atoms with van der Waals surface area (Å²) in [4.78, 5) is 19.4. The number of anilines is 2. The second-order valence-electron chi connectivity index (χ2n) is 8.75. The molecule has 0 aromatic heterocycles. The zero-order valence-electron chi connectivity index (χ0n) is 19.2. The van der Waals surface area contributed by atoms with Crippen molar-refractivity contribution >= 4 is 23.4 Å². The minimum atomic E-state index is 0.0124. The molecule has 5 nitrogen and oxygen atoms in total. The number of para-hydroxylation sites is 1. The van der Waals surface area contributed by atoms with Gasteiger partial charge in [-0.2, -0.15) is 0 Å². The highest BCUT2D eigenvalue weighted by atomic mass is 16.5. The zero-order valence-corrected chi connectivity index (χ0v) is 19.2. The molecule has 2 aliphatic rings. The van der Waals surface area contributed by atoms with E-state index in [1.165, 1.54) is 42.6 Å². The normalized spacial score (nSPS) is 17.4. The number of benzene rings is 2. The number of nitrogens with zero attached hydrogens (tertiary/aromatic N) is 3. The van der Waals surface area contributed by atoms with Crippen LogP contribution in [0.4, 0.5) is 11.4 Å². The van der Waals surface area contributed by atoms with Gasteiger partial charge in [-0.3, -0.25) is 4.79 Å². The van der Waals surface area contributed by atoms with Crippen LogP contribution in [0.2, 0.25) is 0 Å². The fourth-order valence-electron chi connectivity index (χ4n) is 4.51. The van der Waals surface area contributed by atoms with E-state index in [0.29, 0.717) is 6.54 Å². The van der Waals surface area contributed by atoms with Crippen LogP contribution in [0, 0.1) is 0 Å². The monoisotopic (exact) mass is 433 g/mol. The molecule has 2 aromatic rings. The van der Waals surface area contributed by atoms with Crippen LogP contribution in [0.3, 0.4) is 0 Å². The van der Waals surface area contributed by atoms with Gasteiger partial charge < -0.3 is 19.4 Å². The van der Waals surface area contributed by atoms with E-state index in [0.717, 1.165) is 45.0 Å². The predicted molar refractivity (Wildman–Crippen MR) is 132 cm³/mol. The van der Waals surface area contributed by atoms with Crippen molar-refractivity contribution in [2.45, 2.75) is 32.2 Å². The van der Waals surface area contributed by atoms with E-state index >= 15 is 0 Å². The summed E-state index contributed by atoms with van der Waals surface area (Å²) < 4.78 is 5.48. The summed E-state index contributed by atoms with van der Waals surface area (Å²) in [5.41, 5.74) is 4.70. The van der Waals surface area contributed by atoms with E-state index in [1.54, 1.807) is 11.0 Å². The van der Waals surface area contributed by atoms with Crippen LogP contribution in [0.5, 0.6) is 0 Å². The van der Waals surface area contributed by atoms with Crippen molar-refractivity contribution in [3.63, 3.8) is 0 Å². The molecule has 0 N–H and O–H groups in total. The molecule has 2 fully saturated rings. The van der Waals surface area contributed by atoms with Gasteiger partial charge in [0.15, 0.2) is 0 Å². The summed E-state index contributed by atoms with van der Waals surface area (Å²) in [6.45, 7) is 6.16. The summed E-state index contributed by atoms with van der Waals surface area (Å²) in [6.07, 6.45) is 8.82. The Morgan fingerprint density at radius 3 is 2.31 bits per heavy atom. The number of carbonyl (C=O) groups is 1. The summed E-state index contributed by atoms with van der Waals surface area (Å²) in [7, 11) is 1.87. The molecule has 0 atom stereocenters. The van der Waals surface area contributed by atoms with Crippen LogP contribution in [0.15, 0.2) is 54.6 Å². The zero-order chi connectivity index (χ0) is 22.2. The Hall–Kier alpha value is -2.79. The molecule has 5 heteroatoms. The Balaban J connectivity index is 1.35. The van der Waals surface area contributed by atoms with Crippen molar-refractivity contribution in [1.82, 2.24) is 4.90 Å². The largest absolute Gasteiger partial charge is 0.378 e. The van der Waals surface area contributed by atoms with Crippen molar-refractivity contribution in [1.29, 1.82) is 0 Å². The summed E-state index contributed by atoms with van der Waals surface area (Å²) >= 11 is 0. The number of likely N-dealkylation sites (N-methyl/N-ethyl adjacent to an activating group) is 1. The molecule has 0 saturated carbocycles. The number of ether oxygens (including phenoxy) is 1. The molecule has 4 rings (SSSR count). The third-order valence-corrected chi connectivity index (χ3v) is 6.41. The molecule has 0 bridgehead atoms. The second kappa shape index (κ2) is 11.2. The first-order valence-electron chi connectivity index (χ1n) is 11.9. The van der Waals surface area contributed by atoms with E-state index in [2.05, 4.69) is 52.3 Å². The Morgan fingerprint density at radius 2 is 1.59 bits per heavy atom. The van der Waals surface area contributed by atoms with Crippen LogP contribution < -0.4 is 9.80 Å². The quantitative estimate of drug-likeness (QED) is 0.625. The van der Waals surface area contributed by atoms with E-state index in [1.807, 2.05) is 19.2 Å². The summed E-state index contributed by atoms with van der Waals surface area (Å²) in [6, 6.07) is 16.9. The SMILES string of the molecule is CN(Cc1ccccc1N1CCOCC1)C(=O)C=Cc1ccc(N2CCCCCC2)cc1. The third-order valence-electron chi connectivity index (χ3n) is 6.41. The average molecular weight is 434 g/mol. The minimum Gasteiger partial charge on any atom is -0.378 e. The van der Waals surface area contributed by atoms with Gasteiger partial charge in [-0.15, -0.1) is 0 Å². The van der Waals surface area contributed by atoms with Crippen molar-refractivity contribution in [2.75, 3.05) is 56.2 Å². The van der Waals surface area contributed by atoms with Crippen LogP contribution >= 0.6 is 0 Å². The van der Waals surface area contributed by atoms with Gasteiger partial charge in [-0.05, 0) is 48.2 Å². The van der Waals surface area contributed by atoms with E-state index in [4.69, 9.17) is 4.74 Å².